The largest absolute Gasteiger partial charge is 0.392 e. The summed E-state index contributed by atoms with van der Waals surface area (Å²) < 4.78 is 82.3. The highest BCUT2D eigenvalue weighted by molar-refractivity contribution is 5.94. The predicted octanol–water partition coefficient (Wildman–Crippen LogP) is 9.86. The van der Waals surface area contributed by atoms with Crippen molar-refractivity contribution in [1.29, 1.82) is 0 Å². The second kappa shape index (κ2) is 16.7. The summed E-state index contributed by atoms with van der Waals surface area (Å²) >= 11 is 0. The fourth-order valence-corrected chi connectivity index (χ4v) is 7.00. The fourth-order valence-electron chi connectivity index (χ4n) is 7.00. The van der Waals surface area contributed by atoms with Crippen LogP contribution >= 0.6 is 0 Å². The Labute approximate surface area is 321 Å². The van der Waals surface area contributed by atoms with Crippen LogP contribution in [0.15, 0.2) is 115 Å². The van der Waals surface area contributed by atoms with Gasteiger partial charge in [0.1, 0.15) is 5.56 Å². The van der Waals surface area contributed by atoms with E-state index in [1.165, 1.54) is 16.3 Å². The number of amides is 1. The van der Waals surface area contributed by atoms with Crippen LogP contribution in [-0.4, -0.2) is 35.6 Å². The molecule has 1 aliphatic heterocycles. The van der Waals surface area contributed by atoms with E-state index in [-0.39, 0.29) is 31.4 Å². The molecule has 7 rings (SSSR count). The molecule has 2 N–H and O–H groups in total. The van der Waals surface area contributed by atoms with Crippen LogP contribution in [0.4, 0.5) is 22.0 Å². The molecule has 1 heterocycles. The summed E-state index contributed by atoms with van der Waals surface area (Å²) in [6.45, 7) is 2.54. The molecule has 1 amide bonds. The Kier molecular flexibility index (Phi) is 11.6. The lowest BCUT2D eigenvalue weighted by Crippen LogP contribution is -2.38. The van der Waals surface area contributed by atoms with E-state index in [0.29, 0.717) is 18.5 Å². The average molecular weight is 767 g/mol. The van der Waals surface area contributed by atoms with Crippen molar-refractivity contribution in [3.05, 3.63) is 178 Å². The van der Waals surface area contributed by atoms with Crippen molar-refractivity contribution < 1.29 is 41.3 Å². The van der Waals surface area contributed by atoms with Crippen LogP contribution in [0, 0.1) is 29.1 Å². The zero-order valence-electron chi connectivity index (χ0n) is 30.6. The zero-order chi connectivity index (χ0) is 39.5. The number of nitrogens with zero attached hydrogens (tertiary/aromatic N) is 1. The molecule has 4 atom stereocenters. The highest BCUT2D eigenvalue weighted by Gasteiger charge is 2.34. The van der Waals surface area contributed by atoms with Crippen molar-refractivity contribution in [2.45, 2.75) is 51.0 Å². The Hall–Kier alpha value is -5.46. The minimum absolute atomic E-state index is 0.0556. The molecule has 0 aliphatic carbocycles. The number of benzene rings is 6. The van der Waals surface area contributed by atoms with Gasteiger partial charge in [0.15, 0.2) is 29.6 Å². The number of carbonyl (C=O) groups is 1. The number of halogens is 5. The van der Waals surface area contributed by atoms with Gasteiger partial charge in [0, 0.05) is 31.1 Å². The van der Waals surface area contributed by atoms with E-state index in [1.54, 1.807) is 18.2 Å². The van der Waals surface area contributed by atoms with Gasteiger partial charge in [-0.2, -0.15) is 0 Å². The van der Waals surface area contributed by atoms with E-state index in [4.69, 9.17) is 9.47 Å². The maximum Gasteiger partial charge on any atom is 0.257 e. The van der Waals surface area contributed by atoms with Gasteiger partial charge in [0.05, 0.1) is 18.8 Å². The average Bonchev–Trinajstić information content (AvgIpc) is 3.24. The Morgan fingerprint density at radius 2 is 1.39 bits per heavy atom. The third-order valence-electron chi connectivity index (χ3n) is 10.4. The van der Waals surface area contributed by atoms with Gasteiger partial charge < -0.3 is 19.9 Å². The second-order valence-corrected chi connectivity index (χ2v) is 14.0. The van der Waals surface area contributed by atoms with Gasteiger partial charge in [0.25, 0.3) is 5.91 Å². The summed E-state index contributed by atoms with van der Waals surface area (Å²) in [7, 11) is 2.09. The molecule has 1 saturated heterocycles. The molecule has 6 aromatic carbocycles. The quantitative estimate of drug-likeness (QED) is 0.0781. The number of hydrogen-bond acceptors (Lipinski definition) is 5. The maximum atomic E-state index is 14.2. The van der Waals surface area contributed by atoms with Gasteiger partial charge in [-0.05, 0) is 70.3 Å². The van der Waals surface area contributed by atoms with E-state index < -0.39 is 46.8 Å². The van der Waals surface area contributed by atoms with Crippen molar-refractivity contribution in [3.8, 4) is 11.1 Å². The molecular formula is C45H39F5N2O4. The van der Waals surface area contributed by atoms with Crippen LogP contribution in [0.5, 0.6) is 0 Å². The molecule has 0 bridgehead atoms. The zero-order valence-corrected chi connectivity index (χ0v) is 30.6. The summed E-state index contributed by atoms with van der Waals surface area (Å²) in [6.07, 6.45) is -0.513. The number of aliphatic hydroxyl groups excluding tert-OH is 1. The van der Waals surface area contributed by atoms with E-state index in [2.05, 4.69) is 54.5 Å². The van der Waals surface area contributed by atoms with Crippen LogP contribution in [0.2, 0.25) is 0 Å². The van der Waals surface area contributed by atoms with Crippen molar-refractivity contribution in [2.24, 2.45) is 0 Å². The molecule has 1 aliphatic rings. The number of fused-ring (bicyclic) bond motifs is 1. The molecular weight excluding hydrogens is 727 g/mol. The lowest BCUT2D eigenvalue weighted by molar-refractivity contribution is -0.253. The Morgan fingerprint density at radius 3 is 2.09 bits per heavy atom. The molecule has 56 heavy (non-hydrogen) atoms. The third-order valence-corrected chi connectivity index (χ3v) is 10.4. The van der Waals surface area contributed by atoms with Crippen LogP contribution < -0.4 is 5.32 Å². The maximum absolute atomic E-state index is 14.2. The van der Waals surface area contributed by atoms with Crippen LogP contribution in [0.1, 0.15) is 70.0 Å². The smallest absolute Gasteiger partial charge is 0.257 e. The minimum atomic E-state index is -2.33. The first-order chi connectivity index (χ1) is 27.0. The van der Waals surface area contributed by atoms with Gasteiger partial charge >= 0.3 is 0 Å². The third kappa shape index (κ3) is 8.22. The highest BCUT2D eigenvalue weighted by atomic mass is 19.2. The molecule has 11 heteroatoms. The molecule has 1 fully saturated rings. The van der Waals surface area contributed by atoms with Crippen molar-refractivity contribution in [3.63, 3.8) is 0 Å². The van der Waals surface area contributed by atoms with Crippen LogP contribution in [0.25, 0.3) is 21.9 Å². The number of nitrogens with one attached hydrogen (secondary N) is 1. The van der Waals surface area contributed by atoms with Crippen molar-refractivity contribution in [1.82, 2.24) is 10.2 Å². The fraction of sp³-hybridized carbons (Fsp3) is 0.222. The first-order valence-electron chi connectivity index (χ1n) is 18.2. The first kappa shape index (κ1) is 38.8. The summed E-state index contributed by atoms with van der Waals surface area (Å²) in [5, 5.41) is 14.2. The number of rotatable bonds is 11. The highest BCUT2D eigenvalue weighted by Crippen LogP contribution is 2.39. The molecule has 4 unspecified atom stereocenters. The van der Waals surface area contributed by atoms with Gasteiger partial charge in [-0.15, -0.1) is 0 Å². The SMILES string of the molecule is CC(c1ccc2ccccc2c1)N(C)CC1CC(c2ccc(CO)cc2)OC(c2ccc(-c3cccc(CNC(=O)c4c(F)c(F)c(F)c(F)c4F)c3)cc2)O1. The van der Waals surface area contributed by atoms with Crippen LogP contribution in [-0.2, 0) is 22.6 Å². The predicted molar refractivity (Wildman–Crippen MR) is 203 cm³/mol. The molecule has 288 valence electrons. The van der Waals surface area contributed by atoms with Gasteiger partial charge in [-0.1, -0.05) is 103 Å². The lowest BCUT2D eigenvalue weighted by Gasteiger charge is -2.39. The lowest BCUT2D eigenvalue weighted by atomic mass is 9.98. The van der Waals surface area contributed by atoms with Gasteiger partial charge in [0.2, 0.25) is 5.82 Å². The summed E-state index contributed by atoms with van der Waals surface area (Å²) in [5.74, 6) is -12.5. The molecule has 0 spiro atoms. The number of ether oxygens (including phenoxy) is 2. The monoisotopic (exact) mass is 766 g/mol. The summed E-state index contributed by atoms with van der Waals surface area (Å²) in [5.41, 5.74) is 4.35. The van der Waals surface area contributed by atoms with E-state index in [9.17, 15) is 31.9 Å². The normalized spacial score (nSPS) is 17.6. The number of hydrogen-bond donors (Lipinski definition) is 2. The number of aliphatic hydroxyl groups is 1. The number of carbonyl (C=O) groups excluding carboxylic acids is 1. The topological polar surface area (TPSA) is 71.0 Å². The van der Waals surface area contributed by atoms with Gasteiger partial charge in [-0.25, -0.2) is 22.0 Å². The van der Waals surface area contributed by atoms with Crippen LogP contribution in [0.3, 0.4) is 0 Å². The Balaban J connectivity index is 1.06. The second-order valence-electron chi connectivity index (χ2n) is 14.0. The summed E-state index contributed by atoms with van der Waals surface area (Å²) in [6, 6.07) is 37.3. The van der Waals surface area contributed by atoms with Crippen molar-refractivity contribution >= 4 is 16.7 Å². The number of likely N-dealkylation sites (N-methyl/N-ethyl adjacent to an activating group) is 1. The van der Waals surface area contributed by atoms with Gasteiger partial charge in [-0.3, -0.25) is 9.69 Å². The minimum Gasteiger partial charge on any atom is -0.392 e. The summed E-state index contributed by atoms with van der Waals surface area (Å²) in [4.78, 5) is 14.8. The Bertz CT molecular complexity index is 2330. The van der Waals surface area contributed by atoms with E-state index >= 15 is 0 Å². The molecule has 0 radical (unpaired) electrons. The standard InChI is InChI=1S/C45H39F5N2O4/c1-26(33-19-16-29-7-3-4-8-35(29)21-33)52(2)24-36-22-37(31-12-10-27(25-53)11-13-31)56-45(55-36)32-17-14-30(15-18-32)34-9-5-6-28(20-34)23-51-44(54)38-39(46)41(48)43(50)42(49)40(38)47/h3-21,26,36-37,45,53H,22-25H2,1-2H3,(H,51,54). The first-order valence-corrected chi connectivity index (χ1v) is 18.2. The molecule has 0 aromatic heterocycles. The Morgan fingerprint density at radius 1 is 0.732 bits per heavy atom. The van der Waals surface area contributed by atoms with Crippen molar-refractivity contribution in [2.75, 3.05) is 13.6 Å². The molecule has 6 nitrogen and oxygen atoms in total. The molecule has 0 saturated carbocycles. The van der Waals surface area contributed by atoms with E-state index in [1.807, 2.05) is 66.7 Å². The molecule has 6 aromatic rings. The van der Waals surface area contributed by atoms with E-state index in [0.717, 1.165) is 27.8 Å².